The van der Waals surface area contributed by atoms with Gasteiger partial charge in [0.15, 0.2) is 11.0 Å². The van der Waals surface area contributed by atoms with E-state index in [9.17, 15) is 4.79 Å². The normalized spacial score (nSPS) is 11.1. The van der Waals surface area contributed by atoms with E-state index < -0.39 is 0 Å². The van der Waals surface area contributed by atoms with Crippen molar-refractivity contribution < 1.29 is 4.79 Å². The van der Waals surface area contributed by atoms with Gasteiger partial charge < -0.3 is 9.88 Å². The van der Waals surface area contributed by atoms with Gasteiger partial charge in [0.1, 0.15) is 0 Å². The van der Waals surface area contributed by atoms with Crippen molar-refractivity contribution in [3.8, 4) is 0 Å². The van der Waals surface area contributed by atoms with Crippen molar-refractivity contribution in [2.75, 3.05) is 11.1 Å². The minimum atomic E-state index is -0.202. The summed E-state index contributed by atoms with van der Waals surface area (Å²) in [7, 11) is 0. The smallest absolute Gasteiger partial charge is 0.250 e. The van der Waals surface area contributed by atoms with Crippen LogP contribution in [0.3, 0.4) is 0 Å². The van der Waals surface area contributed by atoms with E-state index in [1.165, 1.54) is 17.1 Å². The first-order chi connectivity index (χ1) is 15.7. The molecule has 9 heteroatoms. The maximum absolute atomic E-state index is 12.1. The zero-order valence-corrected chi connectivity index (χ0v) is 18.9. The van der Waals surface area contributed by atoms with Gasteiger partial charge in [-0.3, -0.25) is 4.79 Å². The van der Waals surface area contributed by atoms with E-state index in [0.29, 0.717) is 18.2 Å². The van der Waals surface area contributed by atoms with E-state index in [1.54, 1.807) is 23.6 Å². The number of nitrogens with zero attached hydrogens (tertiary/aromatic N) is 4. The fraction of sp³-hybridized carbons (Fsp3) is 0.130. The Morgan fingerprint density at radius 1 is 1.16 bits per heavy atom. The van der Waals surface area contributed by atoms with Crippen molar-refractivity contribution in [3.63, 3.8) is 0 Å². The number of carbonyl (C=O) groups excluding carboxylic acids is 1. The minimum Gasteiger partial charge on any atom is -0.377 e. The summed E-state index contributed by atoms with van der Waals surface area (Å²) >= 11 is 2.87. The molecule has 4 rings (SSSR count). The molecule has 0 unspecified atom stereocenters. The third kappa shape index (κ3) is 5.43. The average molecular weight is 463 g/mol. The Morgan fingerprint density at radius 3 is 2.88 bits per heavy atom. The second-order valence-corrected chi connectivity index (χ2v) is 8.70. The summed E-state index contributed by atoms with van der Waals surface area (Å²) < 4.78 is 1.96. The van der Waals surface area contributed by atoms with Crippen molar-refractivity contribution in [2.24, 2.45) is 5.10 Å². The molecule has 0 saturated carbocycles. The third-order valence-corrected chi connectivity index (χ3v) is 6.36. The van der Waals surface area contributed by atoms with E-state index in [0.717, 1.165) is 21.8 Å². The van der Waals surface area contributed by atoms with Gasteiger partial charge in [0, 0.05) is 22.5 Å². The van der Waals surface area contributed by atoms with Crippen LogP contribution in [0, 0.1) is 0 Å². The van der Waals surface area contributed by atoms with Crippen LogP contribution in [0.5, 0.6) is 0 Å². The van der Waals surface area contributed by atoms with Crippen LogP contribution < -0.4 is 10.7 Å². The average Bonchev–Trinajstić information content (AvgIpc) is 3.47. The number of benzene rings is 2. The van der Waals surface area contributed by atoms with Crippen LogP contribution in [0.25, 0.3) is 10.8 Å². The molecular formula is C23H22N6OS2. The van der Waals surface area contributed by atoms with Crippen LogP contribution in [-0.4, -0.2) is 32.6 Å². The van der Waals surface area contributed by atoms with E-state index >= 15 is 0 Å². The maximum Gasteiger partial charge on any atom is 0.250 e. The molecule has 0 aliphatic carbocycles. The highest BCUT2D eigenvalue weighted by molar-refractivity contribution is 7.99. The number of amides is 1. The van der Waals surface area contributed by atoms with Gasteiger partial charge in [-0.25, -0.2) is 5.43 Å². The fourth-order valence-corrected chi connectivity index (χ4v) is 4.46. The number of hydrogen-bond donors (Lipinski definition) is 2. The molecule has 1 amide bonds. The van der Waals surface area contributed by atoms with E-state index in [1.807, 2.05) is 46.3 Å². The topological polar surface area (TPSA) is 84.2 Å². The SMILES string of the molecule is C=CCn1c(CNc2cccc3ccccc23)nnc1SCC(=O)N/N=C\c1cccs1. The van der Waals surface area contributed by atoms with Gasteiger partial charge in [0.2, 0.25) is 0 Å². The molecule has 32 heavy (non-hydrogen) atoms. The highest BCUT2D eigenvalue weighted by Crippen LogP contribution is 2.24. The molecule has 7 nitrogen and oxygen atoms in total. The summed E-state index contributed by atoms with van der Waals surface area (Å²) in [6.45, 7) is 4.90. The number of anilines is 1. The lowest BCUT2D eigenvalue weighted by atomic mass is 10.1. The minimum absolute atomic E-state index is 0.188. The highest BCUT2D eigenvalue weighted by atomic mass is 32.2. The quantitative estimate of drug-likeness (QED) is 0.157. The van der Waals surface area contributed by atoms with Gasteiger partial charge in [-0.1, -0.05) is 60.3 Å². The molecule has 0 aliphatic rings. The van der Waals surface area contributed by atoms with E-state index in [2.05, 4.69) is 50.8 Å². The Kier molecular flexibility index (Phi) is 7.31. The first kappa shape index (κ1) is 21.8. The summed E-state index contributed by atoms with van der Waals surface area (Å²) in [5.74, 6) is 0.760. The second kappa shape index (κ2) is 10.7. The molecule has 162 valence electrons. The molecule has 2 N–H and O–H groups in total. The summed E-state index contributed by atoms with van der Waals surface area (Å²) in [5.41, 5.74) is 3.58. The Hall–Kier alpha value is -3.43. The molecule has 0 saturated heterocycles. The number of thiophene rings is 1. The van der Waals surface area contributed by atoms with Gasteiger partial charge in [0.05, 0.1) is 18.5 Å². The summed E-state index contributed by atoms with van der Waals surface area (Å²) in [4.78, 5) is 13.1. The molecule has 2 aromatic heterocycles. The monoisotopic (exact) mass is 462 g/mol. The number of hydrazone groups is 1. The van der Waals surface area contributed by atoms with Crippen molar-refractivity contribution in [2.45, 2.75) is 18.2 Å². The van der Waals surface area contributed by atoms with Crippen LogP contribution in [0.1, 0.15) is 10.7 Å². The molecule has 2 aromatic carbocycles. The number of carbonyl (C=O) groups is 1. The number of allylic oxidation sites excluding steroid dienone is 1. The Morgan fingerprint density at radius 2 is 2.03 bits per heavy atom. The Bertz CT molecular complexity index is 1230. The molecule has 0 spiro atoms. The zero-order valence-electron chi connectivity index (χ0n) is 17.3. The lowest BCUT2D eigenvalue weighted by Crippen LogP contribution is -2.20. The molecule has 0 bridgehead atoms. The molecule has 0 aliphatic heterocycles. The van der Waals surface area contributed by atoms with Crippen LogP contribution in [0.2, 0.25) is 0 Å². The van der Waals surface area contributed by atoms with Gasteiger partial charge in [-0.2, -0.15) is 5.10 Å². The summed E-state index contributed by atoms with van der Waals surface area (Å²) in [6.07, 6.45) is 3.42. The molecule has 2 heterocycles. The molecular weight excluding hydrogens is 440 g/mol. The molecule has 0 fully saturated rings. The lowest BCUT2D eigenvalue weighted by Gasteiger charge is -2.11. The van der Waals surface area contributed by atoms with Crippen LogP contribution in [-0.2, 0) is 17.9 Å². The lowest BCUT2D eigenvalue weighted by molar-refractivity contribution is -0.118. The predicted octanol–water partition coefficient (Wildman–Crippen LogP) is 4.53. The predicted molar refractivity (Wildman–Crippen MR) is 132 cm³/mol. The maximum atomic E-state index is 12.1. The van der Waals surface area contributed by atoms with Crippen LogP contribution in [0.4, 0.5) is 5.69 Å². The zero-order chi connectivity index (χ0) is 22.2. The number of fused-ring (bicyclic) bond motifs is 1. The Balaban J connectivity index is 1.38. The molecule has 0 radical (unpaired) electrons. The third-order valence-electron chi connectivity index (χ3n) is 4.59. The van der Waals surface area contributed by atoms with Crippen molar-refractivity contribution in [1.82, 2.24) is 20.2 Å². The van der Waals surface area contributed by atoms with Gasteiger partial charge in [-0.05, 0) is 22.9 Å². The van der Waals surface area contributed by atoms with Gasteiger partial charge in [0.25, 0.3) is 5.91 Å². The second-order valence-electron chi connectivity index (χ2n) is 6.78. The fourth-order valence-electron chi connectivity index (χ4n) is 3.12. The molecule has 0 atom stereocenters. The summed E-state index contributed by atoms with van der Waals surface area (Å²) in [5, 5.41) is 21.0. The van der Waals surface area contributed by atoms with Crippen LogP contribution in [0.15, 0.2) is 82.9 Å². The van der Waals surface area contributed by atoms with Crippen molar-refractivity contribution in [3.05, 3.63) is 83.3 Å². The van der Waals surface area contributed by atoms with Crippen molar-refractivity contribution >= 4 is 51.7 Å². The highest BCUT2D eigenvalue weighted by Gasteiger charge is 2.13. The number of nitrogens with one attached hydrogen (secondary N) is 2. The Labute approximate surface area is 194 Å². The number of aromatic nitrogens is 3. The molecule has 4 aromatic rings. The number of thioether (sulfide) groups is 1. The van der Waals surface area contributed by atoms with Gasteiger partial charge >= 0.3 is 0 Å². The van der Waals surface area contributed by atoms with Gasteiger partial charge in [-0.15, -0.1) is 28.1 Å². The largest absolute Gasteiger partial charge is 0.377 e. The van der Waals surface area contributed by atoms with Crippen LogP contribution >= 0.6 is 23.1 Å². The van der Waals surface area contributed by atoms with E-state index in [-0.39, 0.29) is 11.7 Å². The number of rotatable bonds is 10. The summed E-state index contributed by atoms with van der Waals surface area (Å²) in [6, 6.07) is 18.3. The first-order valence-electron chi connectivity index (χ1n) is 9.97. The number of hydrogen-bond acceptors (Lipinski definition) is 7. The first-order valence-corrected chi connectivity index (χ1v) is 11.8. The van der Waals surface area contributed by atoms with E-state index in [4.69, 9.17) is 0 Å². The standard InChI is InChI=1S/C23H22N6OS2/c1-2-12-29-21(15-24-20-11-5-8-17-7-3-4-10-19(17)20)26-28-23(29)32-16-22(30)27-25-14-18-9-6-13-31-18/h2-11,13-14,24H,1,12,15-16H2,(H,27,30)/b25-14-. The van der Waals surface area contributed by atoms with Crippen molar-refractivity contribution in [1.29, 1.82) is 0 Å².